The zero-order chi connectivity index (χ0) is 27.4. The van der Waals surface area contributed by atoms with Gasteiger partial charge in [0.05, 0.1) is 19.3 Å². The van der Waals surface area contributed by atoms with Gasteiger partial charge >= 0.3 is 0 Å². The summed E-state index contributed by atoms with van der Waals surface area (Å²) in [6, 6.07) is 12.2. The fourth-order valence-corrected chi connectivity index (χ4v) is 5.97. The molecule has 1 N–H and O–H groups in total. The first-order valence-corrected chi connectivity index (χ1v) is 14.4. The monoisotopic (exact) mass is 533 g/mol. The molecule has 1 aliphatic carbocycles. The first kappa shape index (κ1) is 28.0. The molecular weight excluding hydrogens is 494 g/mol. The number of carbonyl (C=O) groups is 2. The summed E-state index contributed by atoms with van der Waals surface area (Å²) in [5.74, 6) is 1.14. The highest BCUT2D eigenvalue weighted by atomic mass is 32.2. The Morgan fingerprint density at radius 1 is 1.05 bits per heavy atom. The molecule has 38 heavy (non-hydrogen) atoms. The van der Waals surface area contributed by atoms with Gasteiger partial charge in [0.2, 0.25) is 0 Å². The third-order valence-corrected chi connectivity index (χ3v) is 7.97. The SMILES string of the molecule is CC.COc1ccc2c(c1)C=C(C(C)=O)Cn1c-2c(C2CCCCC2)c2ccc(C(=O)NSN(C)C)cc21. The van der Waals surface area contributed by atoms with Gasteiger partial charge in [-0.2, -0.15) is 0 Å². The Balaban J connectivity index is 0.00000164. The first-order chi connectivity index (χ1) is 18.4. The number of ether oxygens (including phenoxy) is 1. The first-order valence-electron chi connectivity index (χ1n) is 13.6. The molecule has 0 spiro atoms. The van der Waals surface area contributed by atoms with Crippen molar-refractivity contribution in [3.63, 3.8) is 0 Å². The maximum absolute atomic E-state index is 12.9. The average Bonchev–Trinajstić information content (AvgIpc) is 3.15. The fourth-order valence-electron chi connectivity index (χ4n) is 5.59. The summed E-state index contributed by atoms with van der Waals surface area (Å²) < 4.78 is 12.5. The molecule has 2 heterocycles. The number of hydrogen-bond acceptors (Lipinski definition) is 5. The van der Waals surface area contributed by atoms with E-state index in [1.165, 1.54) is 48.0 Å². The Hall–Kier alpha value is -3.03. The lowest BCUT2D eigenvalue weighted by Gasteiger charge is -2.24. The second-order valence-electron chi connectivity index (χ2n) is 9.93. The van der Waals surface area contributed by atoms with Crippen LogP contribution in [0.3, 0.4) is 0 Å². The van der Waals surface area contributed by atoms with E-state index in [0.717, 1.165) is 40.8 Å². The molecule has 2 aromatic carbocycles. The Morgan fingerprint density at radius 3 is 2.45 bits per heavy atom. The number of ketones is 1. The number of aromatic nitrogens is 1. The highest BCUT2D eigenvalue weighted by molar-refractivity contribution is 7.95. The van der Waals surface area contributed by atoms with Crippen LogP contribution in [0.15, 0.2) is 42.0 Å². The fraction of sp³-hybridized carbons (Fsp3) is 0.419. The minimum atomic E-state index is -0.133. The van der Waals surface area contributed by atoms with E-state index >= 15 is 0 Å². The van der Waals surface area contributed by atoms with E-state index in [1.807, 2.05) is 62.6 Å². The lowest BCUT2D eigenvalue weighted by atomic mass is 9.81. The maximum atomic E-state index is 12.9. The number of fused-ring (bicyclic) bond motifs is 5. The van der Waals surface area contributed by atoms with Crippen molar-refractivity contribution in [3.05, 3.63) is 58.7 Å². The predicted molar refractivity (Wildman–Crippen MR) is 159 cm³/mol. The molecule has 202 valence electrons. The number of nitrogens with zero attached hydrogens (tertiary/aromatic N) is 2. The van der Waals surface area contributed by atoms with Crippen molar-refractivity contribution in [2.45, 2.75) is 65.3 Å². The topological polar surface area (TPSA) is 63.6 Å². The molecular formula is C31H39N3O3S. The Morgan fingerprint density at radius 2 is 1.79 bits per heavy atom. The van der Waals surface area contributed by atoms with Gasteiger partial charge in [-0.05, 0) is 87.3 Å². The summed E-state index contributed by atoms with van der Waals surface area (Å²) in [5, 5.41) is 1.18. The summed E-state index contributed by atoms with van der Waals surface area (Å²) in [7, 11) is 5.44. The van der Waals surface area contributed by atoms with Gasteiger partial charge in [-0.1, -0.05) is 39.2 Å². The summed E-state index contributed by atoms with van der Waals surface area (Å²) in [5.41, 5.74) is 6.99. The van der Waals surface area contributed by atoms with Crippen LogP contribution in [0, 0.1) is 0 Å². The molecule has 1 fully saturated rings. The normalized spacial score (nSPS) is 15.1. The Bertz CT molecular complexity index is 1370. The molecule has 7 heteroatoms. The van der Waals surface area contributed by atoms with Crippen LogP contribution in [0.25, 0.3) is 28.2 Å². The van der Waals surface area contributed by atoms with E-state index in [-0.39, 0.29) is 11.7 Å². The molecule has 6 nitrogen and oxygen atoms in total. The number of hydrogen-bond donors (Lipinski definition) is 1. The largest absolute Gasteiger partial charge is 0.497 e. The summed E-state index contributed by atoms with van der Waals surface area (Å²) in [4.78, 5) is 25.6. The number of rotatable bonds is 6. The van der Waals surface area contributed by atoms with Crippen LogP contribution >= 0.6 is 12.1 Å². The smallest absolute Gasteiger partial charge is 0.262 e. The number of methoxy groups -OCH3 is 1. The van der Waals surface area contributed by atoms with Crippen LogP contribution in [0.2, 0.25) is 0 Å². The predicted octanol–water partition coefficient (Wildman–Crippen LogP) is 7.23. The van der Waals surface area contributed by atoms with Crippen molar-refractivity contribution in [3.8, 4) is 17.0 Å². The minimum Gasteiger partial charge on any atom is -0.497 e. The minimum absolute atomic E-state index is 0.0500. The molecule has 0 radical (unpaired) electrons. The highest BCUT2D eigenvalue weighted by Crippen LogP contribution is 2.47. The van der Waals surface area contributed by atoms with Crippen LogP contribution < -0.4 is 9.46 Å². The zero-order valence-corrected chi connectivity index (χ0v) is 24.2. The van der Waals surface area contributed by atoms with Gasteiger partial charge < -0.3 is 9.30 Å². The molecule has 2 aliphatic rings. The number of amides is 1. The lowest BCUT2D eigenvalue weighted by Crippen LogP contribution is -2.20. The van der Waals surface area contributed by atoms with Gasteiger partial charge in [-0.3, -0.25) is 14.3 Å². The van der Waals surface area contributed by atoms with Gasteiger partial charge in [0.15, 0.2) is 5.78 Å². The third kappa shape index (κ3) is 5.54. The van der Waals surface area contributed by atoms with Gasteiger partial charge in [-0.15, -0.1) is 0 Å². The third-order valence-electron chi connectivity index (χ3n) is 7.32. The Labute approximate surface area is 230 Å². The zero-order valence-electron chi connectivity index (χ0n) is 23.4. The van der Waals surface area contributed by atoms with E-state index < -0.39 is 0 Å². The molecule has 0 unspecified atom stereocenters. The van der Waals surface area contributed by atoms with E-state index in [4.69, 9.17) is 4.74 Å². The van der Waals surface area contributed by atoms with Crippen molar-refractivity contribution in [1.29, 1.82) is 0 Å². The second kappa shape index (κ2) is 12.2. The van der Waals surface area contributed by atoms with Crippen LogP contribution in [-0.4, -0.2) is 41.8 Å². The van der Waals surface area contributed by atoms with Crippen LogP contribution in [0.5, 0.6) is 5.75 Å². The number of allylic oxidation sites excluding steroid dienone is 1. The molecule has 0 saturated heterocycles. The van der Waals surface area contributed by atoms with E-state index in [2.05, 4.69) is 21.4 Å². The number of benzene rings is 2. The summed E-state index contributed by atoms with van der Waals surface area (Å²) >= 11 is 1.26. The molecule has 1 aromatic heterocycles. The number of Topliss-reactive ketones (excluding diaryl/α,β-unsaturated/α-hetero) is 1. The quantitative estimate of drug-likeness (QED) is 0.339. The number of carbonyl (C=O) groups excluding carboxylic acids is 2. The van der Waals surface area contributed by atoms with Crippen LogP contribution in [-0.2, 0) is 11.3 Å². The van der Waals surface area contributed by atoms with E-state index in [1.54, 1.807) is 14.0 Å². The van der Waals surface area contributed by atoms with Gasteiger partial charge in [-0.25, -0.2) is 4.31 Å². The van der Waals surface area contributed by atoms with Crippen molar-refractivity contribution in [2.75, 3.05) is 21.2 Å². The van der Waals surface area contributed by atoms with E-state index in [9.17, 15) is 9.59 Å². The van der Waals surface area contributed by atoms with Crippen molar-refractivity contribution < 1.29 is 14.3 Å². The van der Waals surface area contributed by atoms with Crippen molar-refractivity contribution in [2.24, 2.45) is 0 Å². The molecule has 1 saturated carbocycles. The van der Waals surface area contributed by atoms with Gasteiger partial charge in [0, 0.05) is 39.7 Å². The lowest BCUT2D eigenvalue weighted by molar-refractivity contribution is -0.113. The Kier molecular flexibility index (Phi) is 9.00. The summed E-state index contributed by atoms with van der Waals surface area (Å²) in [6.45, 7) is 6.10. The molecule has 1 amide bonds. The highest BCUT2D eigenvalue weighted by Gasteiger charge is 2.30. The summed E-state index contributed by atoms with van der Waals surface area (Å²) in [6.07, 6.45) is 8.06. The molecule has 0 atom stereocenters. The second-order valence-corrected chi connectivity index (χ2v) is 11.0. The number of nitrogens with one attached hydrogen (secondary N) is 1. The molecule has 1 aliphatic heterocycles. The van der Waals surface area contributed by atoms with Gasteiger partial charge in [0.1, 0.15) is 5.75 Å². The molecule has 3 aromatic rings. The maximum Gasteiger partial charge on any atom is 0.262 e. The molecule has 5 rings (SSSR count). The van der Waals surface area contributed by atoms with Crippen molar-refractivity contribution >= 4 is 40.8 Å². The average molecular weight is 534 g/mol. The van der Waals surface area contributed by atoms with E-state index in [0.29, 0.717) is 18.0 Å². The van der Waals surface area contributed by atoms with Crippen LogP contribution in [0.1, 0.15) is 80.3 Å². The van der Waals surface area contributed by atoms with Crippen LogP contribution in [0.4, 0.5) is 0 Å². The standard InChI is InChI=1S/C29H33N3O3S.C2H6/c1-18(33)22-14-21-15-23(35-4)11-13-24(21)28-27(19-8-6-5-7-9-19)25-12-10-20(16-26(25)32(28)17-22)29(34)30-36-31(2)3;1-2/h10-16,19H,5-9,17H2,1-4H3,(H,30,34);1-2H3. The van der Waals surface area contributed by atoms with Crippen molar-refractivity contribution in [1.82, 2.24) is 13.6 Å². The van der Waals surface area contributed by atoms with Gasteiger partial charge in [0.25, 0.3) is 5.91 Å². The molecule has 0 bridgehead atoms.